The van der Waals surface area contributed by atoms with Gasteiger partial charge in [-0.1, -0.05) is 6.92 Å². The molecular formula is C14H23NO2S. The van der Waals surface area contributed by atoms with Crippen LogP contribution in [-0.2, 0) is 4.74 Å². The van der Waals surface area contributed by atoms with Crippen LogP contribution < -0.4 is 10.1 Å². The molecule has 102 valence electrons. The van der Waals surface area contributed by atoms with Crippen molar-refractivity contribution < 1.29 is 9.47 Å². The van der Waals surface area contributed by atoms with Crippen LogP contribution in [0.2, 0.25) is 0 Å². The molecule has 1 unspecified atom stereocenters. The molecule has 1 atom stereocenters. The van der Waals surface area contributed by atoms with Gasteiger partial charge in [0.15, 0.2) is 0 Å². The molecule has 0 spiro atoms. The molecule has 1 fully saturated rings. The summed E-state index contributed by atoms with van der Waals surface area (Å²) < 4.78 is 10.9. The summed E-state index contributed by atoms with van der Waals surface area (Å²) in [5.74, 6) is 1.80. The standard InChI is InChI=1S/C14H23NO2S/c1-3-15-12(10-11-4-7-17-8-5-11)14-13(16-2)6-9-18-14/h6,9,11-12,15H,3-5,7-8,10H2,1-2H3. The van der Waals surface area contributed by atoms with Gasteiger partial charge in [0.05, 0.1) is 12.0 Å². The van der Waals surface area contributed by atoms with Crippen LogP contribution in [0.5, 0.6) is 5.75 Å². The van der Waals surface area contributed by atoms with E-state index in [1.165, 1.54) is 24.1 Å². The number of rotatable bonds is 6. The minimum absolute atomic E-state index is 0.424. The molecule has 2 rings (SSSR count). The van der Waals surface area contributed by atoms with Gasteiger partial charge in [0.1, 0.15) is 5.75 Å². The van der Waals surface area contributed by atoms with Gasteiger partial charge >= 0.3 is 0 Å². The van der Waals surface area contributed by atoms with E-state index in [1.54, 1.807) is 18.4 Å². The van der Waals surface area contributed by atoms with Crippen LogP contribution in [0.15, 0.2) is 11.4 Å². The topological polar surface area (TPSA) is 30.5 Å². The van der Waals surface area contributed by atoms with Gasteiger partial charge in [-0.2, -0.15) is 0 Å². The molecule has 1 N–H and O–H groups in total. The van der Waals surface area contributed by atoms with Crippen molar-refractivity contribution in [3.05, 3.63) is 16.3 Å². The predicted molar refractivity (Wildman–Crippen MR) is 75.4 cm³/mol. The van der Waals surface area contributed by atoms with E-state index in [2.05, 4.69) is 23.7 Å². The summed E-state index contributed by atoms with van der Waals surface area (Å²) in [6.45, 7) is 5.00. The monoisotopic (exact) mass is 269 g/mol. The lowest BCUT2D eigenvalue weighted by molar-refractivity contribution is 0.0606. The Morgan fingerprint density at radius 2 is 2.28 bits per heavy atom. The Bertz CT molecular complexity index is 347. The Balaban J connectivity index is 2.02. The van der Waals surface area contributed by atoms with E-state index >= 15 is 0 Å². The third-order valence-corrected chi connectivity index (χ3v) is 4.57. The fraction of sp³-hybridized carbons (Fsp3) is 0.714. The molecule has 3 nitrogen and oxygen atoms in total. The van der Waals surface area contributed by atoms with Crippen molar-refractivity contribution in [1.29, 1.82) is 0 Å². The van der Waals surface area contributed by atoms with Crippen LogP contribution in [0.1, 0.15) is 37.1 Å². The first-order valence-electron chi connectivity index (χ1n) is 6.77. The largest absolute Gasteiger partial charge is 0.496 e. The molecule has 0 radical (unpaired) electrons. The number of hydrogen-bond donors (Lipinski definition) is 1. The molecule has 2 heterocycles. The van der Waals surface area contributed by atoms with Crippen molar-refractivity contribution in [1.82, 2.24) is 5.32 Å². The third-order valence-electron chi connectivity index (χ3n) is 3.55. The van der Waals surface area contributed by atoms with Crippen LogP contribution in [0.4, 0.5) is 0 Å². The minimum atomic E-state index is 0.424. The lowest BCUT2D eigenvalue weighted by Crippen LogP contribution is -2.26. The molecule has 1 aromatic rings. The lowest BCUT2D eigenvalue weighted by atomic mass is 9.92. The molecule has 1 aliphatic heterocycles. The fourth-order valence-corrected chi connectivity index (χ4v) is 3.53. The molecule has 0 aliphatic carbocycles. The highest BCUT2D eigenvalue weighted by molar-refractivity contribution is 7.10. The van der Waals surface area contributed by atoms with Crippen molar-refractivity contribution in [3.63, 3.8) is 0 Å². The summed E-state index contributed by atoms with van der Waals surface area (Å²) in [7, 11) is 1.75. The Morgan fingerprint density at radius 3 is 2.94 bits per heavy atom. The zero-order chi connectivity index (χ0) is 12.8. The van der Waals surface area contributed by atoms with Crippen molar-refractivity contribution in [3.8, 4) is 5.75 Å². The Hall–Kier alpha value is -0.580. The van der Waals surface area contributed by atoms with Crippen LogP contribution >= 0.6 is 11.3 Å². The quantitative estimate of drug-likeness (QED) is 0.860. The number of methoxy groups -OCH3 is 1. The first-order chi connectivity index (χ1) is 8.85. The van der Waals surface area contributed by atoms with Gasteiger partial charge in [0, 0.05) is 19.3 Å². The van der Waals surface area contributed by atoms with E-state index < -0.39 is 0 Å². The highest BCUT2D eigenvalue weighted by Gasteiger charge is 2.23. The van der Waals surface area contributed by atoms with Gasteiger partial charge < -0.3 is 14.8 Å². The average Bonchev–Trinajstić information content (AvgIpc) is 2.87. The van der Waals surface area contributed by atoms with Crippen LogP contribution in [0, 0.1) is 5.92 Å². The maximum atomic E-state index is 5.45. The highest BCUT2D eigenvalue weighted by Crippen LogP contribution is 2.36. The van der Waals surface area contributed by atoms with Gasteiger partial charge in [0.25, 0.3) is 0 Å². The van der Waals surface area contributed by atoms with Gasteiger partial charge in [-0.05, 0) is 43.2 Å². The summed E-state index contributed by atoms with van der Waals surface area (Å²) in [4.78, 5) is 1.34. The van der Waals surface area contributed by atoms with Crippen LogP contribution in [-0.4, -0.2) is 26.9 Å². The fourth-order valence-electron chi connectivity index (χ4n) is 2.58. The van der Waals surface area contributed by atoms with Crippen LogP contribution in [0.25, 0.3) is 0 Å². The van der Waals surface area contributed by atoms with Crippen molar-refractivity contribution in [2.75, 3.05) is 26.9 Å². The summed E-state index contributed by atoms with van der Waals surface area (Å²) in [6, 6.07) is 2.49. The zero-order valence-corrected chi connectivity index (χ0v) is 12.1. The molecule has 1 aliphatic rings. The summed E-state index contributed by atoms with van der Waals surface area (Å²) in [5, 5.41) is 5.71. The Labute approximate surface area is 113 Å². The van der Waals surface area contributed by atoms with E-state index in [1.807, 2.05) is 0 Å². The Kier molecular flexibility index (Phi) is 5.47. The van der Waals surface area contributed by atoms with E-state index in [0.29, 0.717) is 6.04 Å². The molecule has 0 aromatic carbocycles. The van der Waals surface area contributed by atoms with Crippen molar-refractivity contribution in [2.24, 2.45) is 5.92 Å². The van der Waals surface area contributed by atoms with Gasteiger partial charge in [0.2, 0.25) is 0 Å². The third kappa shape index (κ3) is 3.46. The maximum Gasteiger partial charge on any atom is 0.134 e. The summed E-state index contributed by atoms with van der Waals surface area (Å²) in [6.07, 6.45) is 3.57. The molecule has 4 heteroatoms. The van der Waals surface area contributed by atoms with Gasteiger partial charge in [-0.25, -0.2) is 0 Å². The predicted octanol–water partition coefficient (Wildman–Crippen LogP) is 3.22. The average molecular weight is 269 g/mol. The SMILES string of the molecule is CCNC(CC1CCOCC1)c1sccc1OC. The van der Waals surface area contributed by atoms with Gasteiger partial charge in [-0.15, -0.1) is 11.3 Å². The van der Waals surface area contributed by atoms with Gasteiger partial charge in [-0.3, -0.25) is 0 Å². The molecule has 0 bridgehead atoms. The van der Waals surface area contributed by atoms with Crippen LogP contribution in [0.3, 0.4) is 0 Å². The summed E-state index contributed by atoms with van der Waals surface area (Å²) in [5.41, 5.74) is 0. The van der Waals surface area contributed by atoms with E-state index in [-0.39, 0.29) is 0 Å². The second-order valence-electron chi connectivity index (χ2n) is 4.75. The smallest absolute Gasteiger partial charge is 0.134 e. The molecule has 0 amide bonds. The number of thiophene rings is 1. The maximum absolute atomic E-state index is 5.45. The van der Waals surface area contributed by atoms with Crippen molar-refractivity contribution in [2.45, 2.75) is 32.2 Å². The second-order valence-corrected chi connectivity index (χ2v) is 5.70. The second kappa shape index (κ2) is 7.12. The first kappa shape index (κ1) is 13.8. The lowest BCUT2D eigenvalue weighted by Gasteiger charge is -2.27. The minimum Gasteiger partial charge on any atom is -0.496 e. The first-order valence-corrected chi connectivity index (χ1v) is 7.65. The summed E-state index contributed by atoms with van der Waals surface area (Å²) >= 11 is 1.79. The highest BCUT2D eigenvalue weighted by atomic mass is 32.1. The zero-order valence-electron chi connectivity index (χ0n) is 11.3. The van der Waals surface area contributed by atoms with E-state index in [0.717, 1.165) is 31.4 Å². The number of nitrogens with one attached hydrogen (secondary N) is 1. The molecule has 0 saturated carbocycles. The normalized spacial score (nSPS) is 18.8. The van der Waals surface area contributed by atoms with Crippen molar-refractivity contribution >= 4 is 11.3 Å². The van der Waals surface area contributed by atoms with E-state index in [4.69, 9.17) is 9.47 Å². The number of hydrogen-bond acceptors (Lipinski definition) is 4. The van der Waals surface area contributed by atoms with E-state index in [9.17, 15) is 0 Å². The Morgan fingerprint density at radius 1 is 1.50 bits per heavy atom. The molecule has 18 heavy (non-hydrogen) atoms. The number of ether oxygens (including phenoxy) is 2. The molecular weight excluding hydrogens is 246 g/mol. The molecule has 1 saturated heterocycles. The molecule has 1 aromatic heterocycles.